The quantitative estimate of drug-likeness (QED) is 0.932. The first-order valence-electron chi connectivity index (χ1n) is 6.39. The predicted octanol–water partition coefficient (Wildman–Crippen LogP) is 2.53. The summed E-state index contributed by atoms with van der Waals surface area (Å²) < 4.78 is 6.12. The van der Waals surface area contributed by atoms with E-state index >= 15 is 0 Å². The standard InChI is InChI=1S/C13H19BrN2O2/c1-16(9-10-6-7-12(14)18-10)13(17)11-5-3-2-4-8-15-11/h6-7,11,15H,2-5,8-9H2,1H3. The van der Waals surface area contributed by atoms with Crippen LogP contribution in [0.3, 0.4) is 0 Å². The summed E-state index contributed by atoms with van der Waals surface area (Å²) in [5, 5.41) is 3.32. The summed E-state index contributed by atoms with van der Waals surface area (Å²) in [7, 11) is 1.82. The number of nitrogens with one attached hydrogen (secondary N) is 1. The monoisotopic (exact) mass is 314 g/mol. The third-order valence-electron chi connectivity index (χ3n) is 3.26. The molecule has 5 heteroatoms. The van der Waals surface area contributed by atoms with E-state index in [4.69, 9.17) is 4.42 Å². The fourth-order valence-electron chi connectivity index (χ4n) is 2.25. The van der Waals surface area contributed by atoms with Crippen molar-refractivity contribution in [2.75, 3.05) is 13.6 Å². The number of carbonyl (C=O) groups is 1. The summed E-state index contributed by atoms with van der Waals surface area (Å²) in [5.74, 6) is 0.954. The number of hydrogen-bond acceptors (Lipinski definition) is 3. The normalized spacial score (nSPS) is 20.4. The van der Waals surface area contributed by atoms with E-state index in [1.54, 1.807) is 4.90 Å². The molecule has 0 spiro atoms. The lowest BCUT2D eigenvalue weighted by Crippen LogP contribution is -2.44. The number of likely N-dealkylation sites (N-methyl/N-ethyl adjacent to an activating group) is 1. The lowest BCUT2D eigenvalue weighted by molar-refractivity contribution is -0.133. The summed E-state index contributed by atoms with van der Waals surface area (Å²) in [4.78, 5) is 14.0. The summed E-state index contributed by atoms with van der Waals surface area (Å²) >= 11 is 3.26. The van der Waals surface area contributed by atoms with Crippen LogP contribution in [0.2, 0.25) is 0 Å². The molecule has 1 unspecified atom stereocenters. The van der Waals surface area contributed by atoms with Crippen molar-refractivity contribution < 1.29 is 9.21 Å². The van der Waals surface area contributed by atoms with Gasteiger partial charge < -0.3 is 14.6 Å². The van der Waals surface area contributed by atoms with Crippen LogP contribution in [-0.4, -0.2) is 30.4 Å². The van der Waals surface area contributed by atoms with Crippen LogP contribution in [-0.2, 0) is 11.3 Å². The average molecular weight is 315 g/mol. The van der Waals surface area contributed by atoms with Crippen LogP contribution >= 0.6 is 15.9 Å². The number of amides is 1. The lowest BCUT2D eigenvalue weighted by atomic mass is 10.1. The van der Waals surface area contributed by atoms with Crippen molar-refractivity contribution in [2.24, 2.45) is 0 Å². The molecule has 4 nitrogen and oxygen atoms in total. The molecule has 1 aliphatic heterocycles. The van der Waals surface area contributed by atoms with E-state index in [9.17, 15) is 4.79 Å². The Hall–Kier alpha value is -0.810. The Morgan fingerprint density at radius 1 is 1.50 bits per heavy atom. The molecule has 1 aromatic rings. The van der Waals surface area contributed by atoms with Crippen molar-refractivity contribution in [1.29, 1.82) is 0 Å². The van der Waals surface area contributed by atoms with E-state index in [1.807, 2.05) is 19.2 Å². The molecular formula is C13H19BrN2O2. The molecule has 2 rings (SSSR count). The number of carbonyl (C=O) groups excluding carboxylic acids is 1. The van der Waals surface area contributed by atoms with Crippen molar-refractivity contribution in [1.82, 2.24) is 10.2 Å². The number of rotatable bonds is 3. The molecule has 1 atom stereocenters. The summed E-state index contributed by atoms with van der Waals surface area (Å²) in [6.45, 7) is 1.46. The molecule has 1 N–H and O–H groups in total. The molecule has 1 amide bonds. The molecular weight excluding hydrogens is 296 g/mol. The Labute approximate surface area is 116 Å². The number of nitrogens with zero attached hydrogens (tertiary/aromatic N) is 1. The Balaban J connectivity index is 1.91. The van der Waals surface area contributed by atoms with Gasteiger partial charge in [0.05, 0.1) is 12.6 Å². The summed E-state index contributed by atoms with van der Waals surface area (Å²) in [5.41, 5.74) is 0. The lowest BCUT2D eigenvalue weighted by Gasteiger charge is -2.22. The largest absolute Gasteiger partial charge is 0.452 e. The molecule has 0 radical (unpaired) electrons. The maximum absolute atomic E-state index is 12.3. The predicted molar refractivity (Wildman–Crippen MR) is 73.1 cm³/mol. The van der Waals surface area contributed by atoms with E-state index in [2.05, 4.69) is 21.2 Å². The van der Waals surface area contributed by atoms with Crippen LogP contribution in [0.15, 0.2) is 21.2 Å². The molecule has 0 bridgehead atoms. The minimum atomic E-state index is -0.0316. The fourth-order valence-corrected chi connectivity index (χ4v) is 2.59. The zero-order chi connectivity index (χ0) is 13.0. The molecule has 100 valence electrons. The van der Waals surface area contributed by atoms with Crippen molar-refractivity contribution in [2.45, 2.75) is 38.3 Å². The van der Waals surface area contributed by atoms with E-state index in [-0.39, 0.29) is 11.9 Å². The zero-order valence-corrected chi connectivity index (χ0v) is 12.2. The number of halogens is 1. The van der Waals surface area contributed by atoms with Gasteiger partial charge in [-0.05, 0) is 47.4 Å². The molecule has 1 aromatic heterocycles. The van der Waals surface area contributed by atoms with Crippen LogP contribution in [0, 0.1) is 0 Å². The minimum absolute atomic E-state index is 0.0316. The highest BCUT2D eigenvalue weighted by Gasteiger charge is 2.23. The highest BCUT2D eigenvalue weighted by atomic mass is 79.9. The SMILES string of the molecule is CN(Cc1ccc(Br)o1)C(=O)C1CCCCCN1. The van der Waals surface area contributed by atoms with Gasteiger partial charge in [-0.2, -0.15) is 0 Å². The van der Waals surface area contributed by atoms with Gasteiger partial charge in [0, 0.05) is 7.05 Å². The van der Waals surface area contributed by atoms with Crippen molar-refractivity contribution >= 4 is 21.8 Å². The summed E-state index contributed by atoms with van der Waals surface area (Å²) in [6.07, 6.45) is 4.44. The first kappa shape index (κ1) is 13.6. The van der Waals surface area contributed by atoms with Gasteiger partial charge in [-0.3, -0.25) is 4.79 Å². The molecule has 0 aromatic carbocycles. The van der Waals surface area contributed by atoms with Crippen LogP contribution in [0.25, 0.3) is 0 Å². The third-order valence-corrected chi connectivity index (χ3v) is 3.68. The maximum Gasteiger partial charge on any atom is 0.239 e. The van der Waals surface area contributed by atoms with Crippen molar-refractivity contribution in [3.8, 4) is 0 Å². The molecule has 18 heavy (non-hydrogen) atoms. The van der Waals surface area contributed by atoms with Gasteiger partial charge in [-0.25, -0.2) is 0 Å². The van der Waals surface area contributed by atoms with Crippen LogP contribution in [0.4, 0.5) is 0 Å². The zero-order valence-electron chi connectivity index (χ0n) is 10.6. The molecule has 2 heterocycles. The molecule has 1 aliphatic rings. The van der Waals surface area contributed by atoms with Gasteiger partial charge in [0.1, 0.15) is 5.76 Å². The van der Waals surface area contributed by atoms with Crippen LogP contribution in [0.1, 0.15) is 31.4 Å². The Kier molecular flexibility index (Phi) is 4.83. The van der Waals surface area contributed by atoms with Gasteiger partial charge in [0.25, 0.3) is 0 Å². The number of furan rings is 1. The Morgan fingerprint density at radius 3 is 3.06 bits per heavy atom. The average Bonchev–Trinajstić information content (AvgIpc) is 2.62. The molecule has 1 fully saturated rings. The van der Waals surface area contributed by atoms with E-state index in [0.29, 0.717) is 11.2 Å². The van der Waals surface area contributed by atoms with Gasteiger partial charge in [0.2, 0.25) is 5.91 Å². The first-order chi connectivity index (χ1) is 8.66. The molecule has 0 saturated carbocycles. The highest BCUT2D eigenvalue weighted by molar-refractivity contribution is 9.10. The molecule has 1 saturated heterocycles. The number of hydrogen-bond donors (Lipinski definition) is 1. The van der Waals surface area contributed by atoms with E-state index in [1.165, 1.54) is 12.8 Å². The summed E-state index contributed by atoms with van der Waals surface area (Å²) in [6, 6.07) is 3.70. The fraction of sp³-hybridized carbons (Fsp3) is 0.615. The van der Waals surface area contributed by atoms with Gasteiger partial charge in [-0.15, -0.1) is 0 Å². The van der Waals surface area contributed by atoms with Crippen molar-refractivity contribution in [3.63, 3.8) is 0 Å². The molecule has 0 aliphatic carbocycles. The highest BCUT2D eigenvalue weighted by Crippen LogP contribution is 2.16. The van der Waals surface area contributed by atoms with Crippen molar-refractivity contribution in [3.05, 3.63) is 22.6 Å². The van der Waals surface area contributed by atoms with Gasteiger partial charge >= 0.3 is 0 Å². The van der Waals surface area contributed by atoms with E-state index < -0.39 is 0 Å². The Morgan fingerprint density at radius 2 is 2.33 bits per heavy atom. The Bertz CT molecular complexity index is 397. The van der Waals surface area contributed by atoms with E-state index in [0.717, 1.165) is 25.1 Å². The third kappa shape index (κ3) is 3.59. The first-order valence-corrected chi connectivity index (χ1v) is 7.18. The van der Waals surface area contributed by atoms with Crippen LogP contribution in [0.5, 0.6) is 0 Å². The van der Waals surface area contributed by atoms with Crippen LogP contribution < -0.4 is 5.32 Å². The van der Waals surface area contributed by atoms with Gasteiger partial charge in [-0.1, -0.05) is 12.8 Å². The minimum Gasteiger partial charge on any atom is -0.452 e. The second-order valence-corrected chi connectivity index (χ2v) is 5.54. The topological polar surface area (TPSA) is 45.5 Å². The van der Waals surface area contributed by atoms with Gasteiger partial charge in [0.15, 0.2) is 4.67 Å². The smallest absolute Gasteiger partial charge is 0.239 e. The second kappa shape index (κ2) is 6.38. The second-order valence-electron chi connectivity index (χ2n) is 4.76. The maximum atomic E-state index is 12.3.